The number of aryl methyl sites for hydroxylation is 2. The van der Waals surface area contributed by atoms with Crippen molar-refractivity contribution in [3.63, 3.8) is 0 Å². The van der Waals surface area contributed by atoms with Crippen LogP contribution in [-0.4, -0.2) is 50.0 Å². The number of anilines is 1. The lowest BCUT2D eigenvalue weighted by molar-refractivity contribution is -0.140. The van der Waals surface area contributed by atoms with Gasteiger partial charge >= 0.3 is 0 Å². The first kappa shape index (κ1) is 31.6. The zero-order valence-electron chi connectivity index (χ0n) is 24.9. The number of rotatable bonds is 12. The molecule has 0 bridgehead atoms. The van der Waals surface area contributed by atoms with Crippen molar-refractivity contribution in [1.82, 2.24) is 10.2 Å². The first-order valence-corrected chi connectivity index (χ1v) is 17.2. The second-order valence-electron chi connectivity index (χ2n) is 10.9. The highest BCUT2D eigenvalue weighted by Crippen LogP contribution is 2.27. The zero-order chi connectivity index (χ0) is 30.3. The van der Waals surface area contributed by atoms with Gasteiger partial charge in [-0.3, -0.25) is 13.9 Å². The Kier molecular flexibility index (Phi) is 10.7. The molecule has 3 aromatic carbocycles. The average Bonchev–Trinajstić information content (AvgIpc) is 3.50. The van der Waals surface area contributed by atoms with E-state index >= 15 is 0 Å². The summed E-state index contributed by atoms with van der Waals surface area (Å²) in [4.78, 5) is 30.4. The molecule has 0 heterocycles. The number of carbonyl (C=O) groups excluding carboxylic acids is 2. The average molecular weight is 608 g/mol. The van der Waals surface area contributed by atoms with Gasteiger partial charge in [0.1, 0.15) is 12.6 Å². The maximum Gasteiger partial charge on any atom is 0.264 e. The molecule has 0 aliphatic heterocycles. The third-order valence-electron chi connectivity index (χ3n) is 7.81. The summed E-state index contributed by atoms with van der Waals surface area (Å²) in [6.07, 6.45) is 6.36. The minimum atomic E-state index is -4.09. The molecular formula is C33H41N3O4S2. The molecule has 0 aromatic heterocycles. The molecule has 1 fully saturated rings. The summed E-state index contributed by atoms with van der Waals surface area (Å²) >= 11 is 1.52. The van der Waals surface area contributed by atoms with Crippen molar-refractivity contribution < 1.29 is 18.0 Å². The third-order valence-corrected chi connectivity index (χ3v) is 10.3. The van der Waals surface area contributed by atoms with Crippen LogP contribution in [0.5, 0.6) is 0 Å². The lowest BCUT2D eigenvalue weighted by Crippen LogP contribution is -2.53. The number of hydrogen-bond acceptors (Lipinski definition) is 5. The lowest BCUT2D eigenvalue weighted by atomic mass is 10.1. The van der Waals surface area contributed by atoms with Gasteiger partial charge in [0.2, 0.25) is 11.8 Å². The van der Waals surface area contributed by atoms with Gasteiger partial charge in [0.25, 0.3) is 10.0 Å². The Morgan fingerprint density at radius 3 is 2.02 bits per heavy atom. The molecule has 3 aromatic rings. The Morgan fingerprint density at radius 2 is 1.48 bits per heavy atom. The number of nitrogens with zero attached hydrogens (tertiary/aromatic N) is 2. The van der Waals surface area contributed by atoms with Crippen LogP contribution < -0.4 is 9.62 Å². The fourth-order valence-corrected chi connectivity index (χ4v) is 7.11. The summed E-state index contributed by atoms with van der Waals surface area (Å²) in [6, 6.07) is 20.9. The van der Waals surface area contributed by atoms with Crippen molar-refractivity contribution in [2.45, 2.75) is 81.3 Å². The van der Waals surface area contributed by atoms with Crippen molar-refractivity contribution in [3.05, 3.63) is 89.5 Å². The van der Waals surface area contributed by atoms with Gasteiger partial charge in [-0.15, -0.1) is 11.8 Å². The van der Waals surface area contributed by atoms with Crippen LogP contribution in [-0.2, 0) is 26.2 Å². The normalized spacial score (nSPS) is 14.4. The molecule has 1 unspecified atom stereocenters. The van der Waals surface area contributed by atoms with Gasteiger partial charge in [-0.1, -0.05) is 67.3 Å². The number of sulfonamides is 1. The first-order chi connectivity index (χ1) is 20.1. The molecule has 9 heteroatoms. The number of hydrogen-bond donors (Lipinski definition) is 1. The van der Waals surface area contributed by atoms with Crippen LogP contribution in [0.25, 0.3) is 0 Å². The summed E-state index contributed by atoms with van der Waals surface area (Å²) in [7, 11) is -4.09. The standard InChI is InChI=1S/C33H41N3O4S2/c1-5-31(33(38)34-27-8-6-7-9-27)35(22-26-14-10-24(2)11-15-26)32(37)23-36(28-16-12-25(3)13-17-28)42(39,40)30-20-18-29(41-4)19-21-30/h10-21,27,31H,5-9,22-23H2,1-4H3,(H,34,38). The Labute approximate surface area is 254 Å². The largest absolute Gasteiger partial charge is 0.352 e. The molecule has 0 saturated heterocycles. The number of nitrogens with one attached hydrogen (secondary N) is 1. The van der Waals surface area contributed by atoms with Crippen LogP contribution in [0.4, 0.5) is 5.69 Å². The second kappa shape index (κ2) is 14.2. The highest BCUT2D eigenvalue weighted by atomic mass is 32.2. The van der Waals surface area contributed by atoms with Crippen molar-refractivity contribution in [2.75, 3.05) is 17.1 Å². The first-order valence-electron chi connectivity index (χ1n) is 14.5. The van der Waals surface area contributed by atoms with Crippen LogP contribution in [0.3, 0.4) is 0 Å². The maximum absolute atomic E-state index is 14.2. The van der Waals surface area contributed by atoms with Gasteiger partial charge < -0.3 is 10.2 Å². The Balaban J connectivity index is 1.70. The van der Waals surface area contributed by atoms with E-state index in [0.29, 0.717) is 12.1 Å². The minimum Gasteiger partial charge on any atom is -0.352 e. The van der Waals surface area contributed by atoms with E-state index in [4.69, 9.17) is 0 Å². The lowest BCUT2D eigenvalue weighted by Gasteiger charge is -2.34. The number of benzene rings is 3. The summed E-state index contributed by atoms with van der Waals surface area (Å²) in [5.74, 6) is -0.629. The van der Waals surface area contributed by atoms with Crippen molar-refractivity contribution in [3.8, 4) is 0 Å². The fraction of sp³-hybridized carbons (Fsp3) is 0.394. The molecule has 2 amide bonds. The molecule has 1 N–H and O–H groups in total. The van der Waals surface area contributed by atoms with E-state index < -0.39 is 28.5 Å². The third kappa shape index (κ3) is 7.75. The van der Waals surface area contributed by atoms with Gasteiger partial charge in [0.15, 0.2) is 0 Å². The highest BCUT2D eigenvalue weighted by molar-refractivity contribution is 7.98. The van der Waals surface area contributed by atoms with E-state index in [9.17, 15) is 18.0 Å². The van der Waals surface area contributed by atoms with E-state index in [0.717, 1.165) is 51.6 Å². The molecule has 1 saturated carbocycles. The predicted molar refractivity (Wildman–Crippen MR) is 170 cm³/mol. The minimum absolute atomic E-state index is 0.102. The molecule has 7 nitrogen and oxygen atoms in total. The molecule has 0 radical (unpaired) electrons. The van der Waals surface area contributed by atoms with E-state index in [2.05, 4.69) is 5.32 Å². The molecule has 1 aliphatic carbocycles. The van der Waals surface area contributed by atoms with Crippen molar-refractivity contribution in [2.24, 2.45) is 0 Å². The smallest absolute Gasteiger partial charge is 0.264 e. The van der Waals surface area contributed by atoms with E-state index in [1.807, 2.05) is 63.4 Å². The van der Waals surface area contributed by atoms with Crippen LogP contribution in [0.1, 0.15) is 55.7 Å². The maximum atomic E-state index is 14.2. The zero-order valence-corrected chi connectivity index (χ0v) is 26.5. The van der Waals surface area contributed by atoms with Gasteiger partial charge in [-0.2, -0.15) is 0 Å². The number of amides is 2. The van der Waals surface area contributed by atoms with Crippen molar-refractivity contribution >= 4 is 39.3 Å². The van der Waals surface area contributed by atoms with Gasteiger partial charge in [0.05, 0.1) is 10.6 Å². The van der Waals surface area contributed by atoms with E-state index in [-0.39, 0.29) is 23.4 Å². The number of carbonyl (C=O) groups is 2. The summed E-state index contributed by atoms with van der Waals surface area (Å²) < 4.78 is 29.2. The topological polar surface area (TPSA) is 86.8 Å². The van der Waals surface area contributed by atoms with E-state index in [1.165, 1.54) is 11.8 Å². The highest BCUT2D eigenvalue weighted by Gasteiger charge is 2.34. The van der Waals surface area contributed by atoms with Gasteiger partial charge in [-0.25, -0.2) is 8.42 Å². The molecule has 0 spiro atoms. The summed E-state index contributed by atoms with van der Waals surface area (Å²) in [5.41, 5.74) is 3.33. The van der Waals surface area contributed by atoms with Crippen LogP contribution >= 0.6 is 11.8 Å². The summed E-state index contributed by atoms with van der Waals surface area (Å²) in [5, 5.41) is 3.15. The van der Waals surface area contributed by atoms with Gasteiger partial charge in [-0.05, 0) is 81.3 Å². The van der Waals surface area contributed by atoms with Gasteiger partial charge in [0, 0.05) is 17.5 Å². The molecule has 1 aliphatic rings. The number of thioether (sulfide) groups is 1. The second-order valence-corrected chi connectivity index (χ2v) is 13.7. The van der Waals surface area contributed by atoms with Crippen LogP contribution in [0.2, 0.25) is 0 Å². The Bertz CT molecular complexity index is 1450. The molecule has 224 valence electrons. The van der Waals surface area contributed by atoms with Crippen LogP contribution in [0.15, 0.2) is 82.6 Å². The monoisotopic (exact) mass is 607 g/mol. The molecule has 1 atom stereocenters. The van der Waals surface area contributed by atoms with Crippen LogP contribution in [0, 0.1) is 13.8 Å². The SMILES string of the molecule is CCC(C(=O)NC1CCCC1)N(Cc1ccc(C)cc1)C(=O)CN(c1ccc(C)cc1)S(=O)(=O)c1ccc(SC)cc1. The van der Waals surface area contributed by atoms with Crippen molar-refractivity contribution in [1.29, 1.82) is 0 Å². The predicted octanol–water partition coefficient (Wildman–Crippen LogP) is 6.09. The molecular weight excluding hydrogens is 567 g/mol. The molecule has 42 heavy (non-hydrogen) atoms. The Hall–Kier alpha value is -3.30. The fourth-order valence-electron chi connectivity index (χ4n) is 5.29. The quantitative estimate of drug-likeness (QED) is 0.252. The summed E-state index contributed by atoms with van der Waals surface area (Å²) in [6.45, 7) is 5.56. The van der Waals surface area contributed by atoms with E-state index in [1.54, 1.807) is 41.3 Å². The Morgan fingerprint density at radius 1 is 0.905 bits per heavy atom. The molecule has 4 rings (SSSR count).